The molecule has 1 fully saturated rings. The van der Waals surface area contributed by atoms with Gasteiger partial charge in [-0.15, -0.1) is 0 Å². The van der Waals surface area contributed by atoms with Gasteiger partial charge in [-0.2, -0.15) is 0 Å². The molecular weight excluding hydrogens is 506 g/mol. The first-order valence-corrected chi connectivity index (χ1v) is 14.4. The fourth-order valence-corrected chi connectivity index (χ4v) is 5.67. The van der Waals surface area contributed by atoms with Crippen molar-refractivity contribution in [1.29, 1.82) is 0 Å². The molecule has 0 unspecified atom stereocenters. The molecule has 0 atom stereocenters. The second kappa shape index (κ2) is 10.0. The molecule has 1 saturated heterocycles. The lowest BCUT2D eigenvalue weighted by Gasteiger charge is -2.32. The lowest BCUT2D eigenvalue weighted by atomic mass is 9.94. The van der Waals surface area contributed by atoms with E-state index in [-0.39, 0.29) is 0 Å². The zero-order valence-corrected chi connectivity index (χ0v) is 21.5. The standard InChI is InChI=1S/C24H24ClN5O3S2/c1-35(31,32)18-4-2-17(3-5-18)19-6-7-20-23(28-19)34-24(29-20)33-13-10-16-8-11-30(12-9-16)22-15-26-21(25)14-27-22/h2-7,14-16H,8-13H2,1H3. The smallest absolute Gasteiger partial charge is 0.275 e. The number of fused-ring (bicyclic) bond motifs is 1. The van der Waals surface area contributed by atoms with E-state index in [9.17, 15) is 8.42 Å². The summed E-state index contributed by atoms with van der Waals surface area (Å²) in [5.41, 5.74) is 2.41. The number of pyridine rings is 1. The zero-order valence-electron chi connectivity index (χ0n) is 19.1. The van der Waals surface area contributed by atoms with Crippen molar-refractivity contribution in [3.05, 3.63) is 53.9 Å². The van der Waals surface area contributed by atoms with Crippen molar-refractivity contribution >= 4 is 48.9 Å². The molecule has 4 heterocycles. The molecule has 0 radical (unpaired) electrons. The summed E-state index contributed by atoms with van der Waals surface area (Å²) in [6.45, 7) is 2.50. The van der Waals surface area contributed by atoms with Gasteiger partial charge in [-0.25, -0.2) is 28.4 Å². The number of aromatic nitrogens is 4. The number of benzene rings is 1. The largest absolute Gasteiger partial charge is 0.470 e. The third-order valence-corrected chi connectivity index (χ3v) is 8.31. The van der Waals surface area contributed by atoms with Crippen molar-refractivity contribution < 1.29 is 13.2 Å². The van der Waals surface area contributed by atoms with Crippen LogP contribution in [-0.2, 0) is 9.84 Å². The van der Waals surface area contributed by atoms with Crippen LogP contribution in [0.25, 0.3) is 21.6 Å². The van der Waals surface area contributed by atoms with E-state index in [1.54, 1.807) is 36.7 Å². The molecule has 182 valence electrons. The van der Waals surface area contributed by atoms with Crippen LogP contribution >= 0.6 is 22.9 Å². The fourth-order valence-electron chi connectivity index (χ4n) is 4.12. The Bertz CT molecular complexity index is 1420. The second-order valence-corrected chi connectivity index (χ2v) is 11.9. The third-order valence-electron chi connectivity index (χ3n) is 6.11. The Morgan fingerprint density at radius 3 is 2.51 bits per heavy atom. The number of hydrogen-bond donors (Lipinski definition) is 0. The topological polar surface area (TPSA) is 98.2 Å². The van der Waals surface area contributed by atoms with Crippen LogP contribution in [0.3, 0.4) is 0 Å². The Morgan fingerprint density at radius 2 is 1.83 bits per heavy atom. The highest BCUT2D eigenvalue weighted by molar-refractivity contribution is 7.90. The van der Waals surface area contributed by atoms with Crippen LogP contribution in [0.4, 0.5) is 5.82 Å². The van der Waals surface area contributed by atoms with Crippen LogP contribution in [0.1, 0.15) is 19.3 Å². The summed E-state index contributed by atoms with van der Waals surface area (Å²) < 4.78 is 29.3. The van der Waals surface area contributed by atoms with E-state index < -0.39 is 9.84 Å². The van der Waals surface area contributed by atoms with Crippen molar-refractivity contribution in [1.82, 2.24) is 19.9 Å². The van der Waals surface area contributed by atoms with E-state index in [4.69, 9.17) is 21.3 Å². The monoisotopic (exact) mass is 529 g/mol. The van der Waals surface area contributed by atoms with Crippen LogP contribution in [0, 0.1) is 5.92 Å². The lowest BCUT2D eigenvalue weighted by molar-refractivity contribution is 0.258. The summed E-state index contributed by atoms with van der Waals surface area (Å²) in [5, 5.41) is 1.02. The molecule has 0 amide bonds. The molecule has 0 aliphatic carbocycles. The Balaban J connectivity index is 1.15. The quantitative estimate of drug-likeness (QED) is 0.333. The first kappa shape index (κ1) is 23.9. The van der Waals surface area contributed by atoms with Gasteiger partial charge in [-0.3, -0.25) is 0 Å². The second-order valence-electron chi connectivity index (χ2n) is 8.56. The first-order chi connectivity index (χ1) is 16.8. The average molecular weight is 530 g/mol. The lowest BCUT2D eigenvalue weighted by Crippen LogP contribution is -2.34. The maximum Gasteiger partial charge on any atom is 0.275 e. The highest BCUT2D eigenvalue weighted by Crippen LogP contribution is 2.30. The summed E-state index contributed by atoms with van der Waals surface area (Å²) in [5.74, 6) is 1.47. The van der Waals surface area contributed by atoms with Crippen molar-refractivity contribution in [2.45, 2.75) is 24.2 Å². The maximum atomic E-state index is 11.7. The van der Waals surface area contributed by atoms with E-state index >= 15 is 0 Å². The fraction of sp³-hybridized carbons (Fsp3) is 0.333. The Hall–Kier alpha value is -2.82. The summed E-state index contributed by atoms with van der Waals surface area (Å²) >= 11 is 7.25. The van der Waals surface area contributed by atoms with Crippen LogP contribution < -0.4 is 9.64 Å². The molecule has 4 aromatic rings. The number of sulfone groups is 1. The van der Waals surface area contributed by atoms with Crippen LogP contribution in [0.5, 0.6) is 5.19 Å². The summed E-state index contributed by atoms with van der Waals surface area (Å²) in [6, 6.07) is 10.6. The molecule has 1 aliphatic heterocycles. The van der Waals surface area contributed by atoms with Crippen LogP contribution in [0.2, 0.25) is 5.15 Å². The normalized spacial score (nSPS) is 15.0. The van der Waals surface area contributed by atoms with Gasteiger partial charge in [-0.1, -0.05) is 35.1 Å². The third kappa shape index (κ3) is 5.71. The minimum atomic E-state index is -3.22. The average Bonchev–Trinajstić information content (AvgIpc) is 3.26. The van der Waals surface area contributed by atoms with Crippen molar-refractivity contribution in [3.63, 3.8) is 0 Å². The van der Waals surface area contributed by atoms with Gasteiger partial charge >= 0.3 is 0 Å². The minimum absolute atomic E-state index is 0.292. The predicted octanol–water partition coefficient (Wildman–Crippen LogP) is 4.89. The molecule has 3 aromatic heterocycles. The Labute approximate surface area is 212 Å². The molecule has 35 heavy (non-hydrogen) atoms. The number of nitrogens with zero attached hydrogens (tertiary/aromatic N) is 5. The minimum Gasteiger partial charge on any atom is -0.470 e. The molecule has 8 nitrogen and oxygen atoms in total. The van der Waals surface area contributed by atoms with Gasteiger partial charge in [0.15, 0.2) is 9.84 Å². The van der Waals surface area contributed by atoms with Crippen LogP contribution in [0.15, 0.2) is 53.7 Å². The van der Waals surface area contributed by atoms with Gasteiger partial charge in [0.2, 0.25) is 0 Å². The Morgan fingerprint density at radius 1 is 1.06 bits per heavy atom. The molecule has 1 aliphatic rings. The van der Waals surface area contributed by atoms with E-state index in [0.29, 0.717) is 27.8 Å². The summed E-state index contributed by atoms with van der Waals surface area (Å²) in [6.07, 6.45) is 7.64. The highest BCUT2D eigenvalue weighted by Gasteiger charge is 2.20. The van der Waals surface area contributed by atoms with E-state index in [1.807, 2.05) is 12.1 Å². The van der Waals surface area contributed by atoms with E-state index in [1.165, 1.54) is 17.6 Å². The number of halogens is 1. The Kier molecular flexibility index (Phi) is 6.86. The number of thiazole rings is 1. The number of hydrogen-bond acceptors (Lipinski definition) is 9. The van der Waals surface area contributed by atoms with Gasteiger partial charge < -0.3 is 9.64 Å². The van der Waals surface area contributed by atoms with Crippen molar-refractivity contribution in [2.24, 2.45) is 5.92 Å². The number of piperidine rings is 1. The molecule has 1 aromatic carbocycles. The van der Waals surface area contributed by atoms with E-state index in [0.717, 1.165) is 59.8 Å². The molecule has 0 saturated carbocycles. The number of anilines is 1. The van der Waals surface area contributed by atoms with E-state index in [2.05, 4.69) is 19.9 Å². The molecule has 5 rings (SSSR count). The van der Waals surface area contributed by atoms with Gasteiger partial charge in [0.05, 0.1) is 29.6 Å². The summed E-state index contributed by atoms with van der Waals surface area (Å²) in [4.78, 5) is 21.1. The van der Waals surface area contributed by atoms with Crippen molar-refractivity contribution in [3.8, 4) is 16.5 Å². The predicted molar refractivity (Wildman–Crippen MR) is 138 cm³/mol. The SMILES string of the molecule is CS(=O)(=O)c1ccc(-c2ccc3nc(OCCC4CCN(c5cnc(Cl)cn5)CC4)sc3n2)cc1. The molecular formula is C24H24ClN5O3S2. The molecule has 0 spiro atoms. The maximum absolute atomic E-state index is 11.7. The van der Waals surface area contributed by atoms with Gasteiger partial charge in [0, 0.05) is 24.9 Å². The van der Waals surface area contributed by atoms with Gasteiger partial charge in [0.25, 0.3) is 5.19 Å². The molecule has 11 heteroatoms. The van der Waals surface area contributed by atoms with Gasteiger partial charge in [0.1, 0.15) is 21.3 Å². The highest BCUT2D eigenvalue weighted by atomic mass is 35.5. The first-order valence-electron chi connectivity index (χ1n) is 11.3. The van der Waals surface area contributed by atoms with Crippen molar-refractivity contribution in [2.75, 3.05) is 30.9 Å². The summed E-state index contributed by atoms with van der Waals surface area (Å²) in [7, 11) is -3.22. The molecule has 0 bridgehead atoms. The molecule has 0 N–H and O–H groups in total. The van der Waals surface area contributed by atoms with Crippen LogP contribution in [-0.4, -0.2) is 54.3 Å². The van der Waals surface area contributed by atoms with Gasteiger partial charge in [-0.05, 0) is 49.4 Å². The number of ether oxygens (including phenoxy) is 1. The number of rotatable bonds is 7. The zero-order chi connectivity index (χ0) is 24.4.